The number of carboxylic acids is 2. The number of carbonyl (C=O) groups is 3. The lowest BCUT2D eigenvalue weighted by molar-refractivity contribution is 0.0682. The molecule has 0 heterocycles. The standard InChI is InChI=1S/C22H17NO6/c24-20(16-8-4-5-9-17(16)21(25)26)23-15-10-11-18(22(27)28)19(12-15)29-13-14-6-2-1-3-7-14/h1-12H,13H2,(H,23,24)(H,25,26)(H,27,28). The van der Waals surface area contributed by atoms with Crippen molar-refractivity contribution in [3.8, 4) is 5.75 Å². The van der Waals surface area contributed by atoms with Crippen molar-refractivity contribution in [2.24, 2.45) is 0 Å². The second-order valence-corrected chi connectivity index (χ2v) is 6.10. The number of ether oxygens (including phenoxy) is 1. The third kappa shape index (κ3) is 4.78. The molecule has 3 aromatic carbocycles. The molecule has 29 heavy (non-hydrogen) atoms. The Kier molecular flexibility index (Phi) is 5.89. The van der Waals surface area contributed by atoms with Crippen LogP contribution in [0.5, 0.6) is 5.75 Å². The molecule has 0 radical (unpaired) electrons. The molecule has 0 aliphatic carbocycles. The lowest BCUT2D eigenvalue weighted by Gasteiger charge is -2.13. The monoisotopic (exact) mass is 391 g/mol. The van der Waals surface area contributed by atoms with Gasteiger partial charge >= 0.3 is 11.9 Å². The van der Waals surface area contributed by atoms with Crippen LogP contribution in [0.25, 0.3) is 0 Å². The Balaban J connectivity index is 1.84. The molecule has 0 bridgehead atoms. The maximum absolute atomic E-state index is 12.5. The van der Waals surface area contributed by atoms with E-state index in [-0.39, 0.29) is 34.7 Å². The predicted molar refractivity (Wildman–Crippen MR) is 106 cm³/mol. The van der Waals surface area contributed by atoms with Crippen LogP contribution in [-0.2, 0) is 6.61 Å². The summed E-state index contributed by atoms with van der Waals surface area (Å²) in [6.07, 6.45) is 0. The van der Waals surface area contributed by atoms with Gasteiger partial charge in [0.15, 0.2) is 0 Å². The molecular formula is C22H17NO6. The van der Waals surface area contributed by atoms with Gasteiger partial charge in [0.2, 0.25) is 0 Å². The van der Waals surface area contributed by atoms with Crippen LogP contribution in [0.1, 0.15) is 36.6 Å². The summed E-state index contributed by atoms with van der Waals surface area (Å²) < 4.78 is 5.65. The van der Waals surface area contributed by atoms with Gasteiger partial charge in [0.05, 0.1) is 11.1 Å². The molecule has 3 rings (SSSR count). The van der Waals surface area contributed by atoms with E-state index >= 15 is 0 Å². The Morgan fingerprint density at radius 1 is 0.759 bits per heavy atom. The van der Waals surface area contributed by atoms with Crippen LogP contribution < -0.4 is 10.1 Å². The van der Waals surface area contributed by atoms with Crippen LogP contribution in [-0.4, -0.2) is 28.1 Å². The maximum Gasteiger partial charge on any atom is 0.339 e. The molecule has 7 heteroatoms. The van der Waals surface area contributed by atoms with E-state index in [1.165, 1.54) is 36.4 Å². The fourth-order valence-electron chi connectivity index (χ4n) is 2.70. The van der Waals surface area contributed by atoms with Crippen LogP contribution in [0, 0.1) is 0 Å². The summed E-state index contributed by atoms with van der Waals surface area (Å²) in [5.74, 6) is -2.92. The highest BCUT2D eigenvalue weighted by molar-refractivity contribution is 6.10. The van der Waals surface area contributed by atoms with E-state index < -0.39 is 17.8 Å². The maximum atomic E-state index is 12.5. The van der Waals surface area contributed by atoms with Gasteiger partial charge in [-0.3, -0.25) is 4.79 Å². The van der Waals surface area contributed by atoms with Gasteiger partial charge < -0.3 is 20.3 Å². The molecule has 0 unspecified atom stereocenters. The Bertz CT molecular complexity index is 1060. The number of carbonyl (C=O) groups excluding carboxylic acids is 1. The summed E-state index contributed by atoms with van der Waals surface area (Å²) >= 11 is 0. The largest absolute Gasteiger partial charge is 0.488 e. The van der Waals surface area contributed by atoms with E-state index in [2.05, 4.69) is 5.32 Å². The van der Waals surface area contributed by atoms with E-state index in [9.17, 15) is 24.6 Å². The molecule has 0 saturated heterocycles. The average molecular weight is 391 g/mol. The van der Waals surface area contributed by atoms with E-state index in [4.69, 9.17) is 4.74 Å². The summed E-state index contributed by atoms with van der Waals surface area (Å²) in [4.78, 5) is 35.3. The number of aromatic carboxylic acids is 2. The lowest BCUT2D eigenvalue weighted by Crippen LogP contribution is -2.16. The second kappa shape index (κ2) is 8.71. The van der Waals surface area contributed by atoms with Gasteiger partial charge in [-0.25, -0.2) is 9.59 Å². The molecule has 0 aromatic heterocycles. The molecule has 7 nitrogen and oxygen atoms in total. The fraction of sp³-hybridized carbons (Fsp3) is 0.0455. The minimum Gasteiger partial charge on any atom is -0.488 e. The summed E-state index contributed by atoms with van der Waals surface area (Å²) in [6, 6.07) is 19.2. The van der Waals surface area contributed by atoms with Crippen molar-refractivity contribution in [2.75, 3.05) is 5.32 Å². The molecule has 1 amide bonds. The van der Waals surface area contributed by atoms with Gasteiger partial charge in [-0.15, -0.1) is 0 Å². The number of benzene rings is 3. The van der Waals surface area contributed by atoms with Crippen molar-refractivity contribution in [3.63, 3.8) is 0 Å². The summed E-state index contributed by atoms with van der Waals surface area (Å²) in [5, 5.41) is 21.2. The first-order valence-electron chi connectivity index (χ1n) is 8.63. The Labute approximate surface area is 166 Å². The van der Waals surface area contributed by atoms with E-state index in [1.54, 1.807) is 6.07 Å². The van der Waals surface area contributed by atoms with Gasteiger partial charge in [0.25, 0.3) is 5.91 Å². The van der Waals surface area contributed by atoms with Crippen molar-refractivity contribution in [3.05, 3.63) is 95.1 Å². The molecule has 0 aliphatic heterocycles. The van der Waals surface area contributed by atoms with Gasteiger partial charge in [-0.2, -0.15) is 0 Å². The number of nitrogens with one attached hydrogen (secondary N) is 1. The first-order valence-corrected chi connectivity index (χ1v) is 8.63. The average Bonchev–Trinajstić information content (AvgIpc) is 2.73. The number of amides is 1. The van der Waals surface area contributed by atoms with Crippen LogP contribution >= 0.6 is 0 Å². The van der Waals surface area contributed by atoms with Crippen molar-refractivity contribution < 1.29 is 29.3 Å². The predicted octanol–water partition coefficient (Wildman–Crippen LogP) is 3.91. The molecule has 0 aliphatic rings. The molecule has 0 spiro atoms. The van der Waals surface area contributed by atoms with Gasteiger partial charge in [-0.05, 0) is 29.8 Å². The number of carboxylic acid groups (broad SMARTS) is 2. The highest BCUT2D eigenvalue weighted by Crippen LogP contribution is 2.25. The molecule has 3 aromatic rings. The smallest absolute Gasteiger partial charge is 0.339 e. The molecule has 146 valence electrons. The Morgan fingerprint density at radius 2 is 1.38 bits per heavy atom. The molecule has 0 saturated carbocycles. The number of hydrogen-bond donors (Lipinski definition) is 3. The highest BCUT2D eigenvalue weighted by Gasteiger charge is 2.18. The van der Waals surface area contributed by atoms with Crippen LogP contribution in [0.15, 0.2) is 72.8 Å². The zero-order chi connectivity index (χ0) is 20.8. The van der Waals surface area contributed by atoms with Gasteiger partial charge in [-0.1, -0.05) is 42.5 Å². The summed E-state index contributed by atoms with van der Waals surface area (Å²) in [7, 11) is 0. The fourth-order valence-corrected chi connectivity index (χ4v) is 2.70. The van der Waals surface area contributed by atoms with Crippen LogP contribution in [0.4, 0.5) is 5.69 Å². The number of rotatable bonds is 7. The third-order valence-electron chi connectivity index (χ3n) is 4.11. The van der Waals surface area contributed by atoms with E-state index in [0.29, 0.717) is 0 Å². The topological polar surface area (TPSA) is 113 Å². The second-order valence-electron chi connectivity index (χ2n) is 6.10. The van der Waals surface area contributed by atoms with Gasteiger partial charge in [0.1, 0.15) is 17.9 Å². The van der Waals surface area contributed by atoms with Crippen molar-refractivity contribution in [1.29, 1.82) is 0 Å². The Morgan fingerprint density at radius 3 is 2.03 bits per heavy atom. The third-order valence-corrected chi connectivity index (χ3v) is 4.11. The quantitative estimate of drug-likeness (QED) is 0.563. The SMILES string of the molecule is O=C(O)c1ccc(NC(=O)c2ccccc2C(=O)O)cc1OCc1ccccc1. The van der Waals surface area contributed by atoms with Crippen molar-refractivity contribution >= 4 is 23.5 Å². The first-order chi connectivity index (χ1) is 14.0. The molecular weight excluding hydrogens is 374 g/mol. The van der Waals surface area contributed by atoms with Crippen molar-refractivity contribution in [2.45, 2.75) is 6.61 Å². The van der Waals surface area contributed by atoms with E-state index in [0.717, 1.165) is 5.56 Å². The number of hydrogen-bond acceptors (Lipinski definition) is 4. The molecule has 3 N–H and O–H groups in total. The normalized spacial score (nSPS) is 10.2. The van der Waals surface area contributed by atoms with Gasteiger partial charge in [0, 0.05) is 11.8 Å². The molecule has 0 fully saturated rings. The summed E-state index contributed by atoms with van der Waals surface area (Å²) in [5.41, 5.74) is 0.948. The first kappa shape index (κ1) is 19.6. The zero-order valence-electron chi connectivity index (χ0n) is 15.2. The minimum atomic E-state index is -1.22. The molecule has 0 atom stereocenters. The van der Waals surface area contributed by atoms with Crippen molar-refractivity contribution in [1.82, 2.24) is 0 Å². The van der Waals surface area contributed by atoms with Crippen LogP contribution in [0.2, 0.25) is 0 Å². The highest BCUT2D eigenvalue weighted by atomic mass is 16.5. The number of anilines is 1. The summed E-state index contributed by atoms with van der Waals surface area (Å²) in [6.45, 7) is 0.153. The van der Waals surface area contributed by atoms with E-state index in [1.807, 2.05) is 30.3 Å². The Hall–Kier alpha value is -4.13. The zero-order valence-corrected chi connectivity index (χ0v) is 15.2. The lowest BCUT2D eigenvalue weighted by atomic mass is 10.1. The van der Waals surface area contributed by atoms with Crippen LogP contribution in [0.3, 0.4) is 0 Å². The minimum absolute atomic E-state index is 0.00550.